The molecular weight excluding hydrogens is 1230 g/mol. The van der Waals surface area contributed by atoms with E-state index in [0.717, 1.165) is 30.6 Å². The van der Waals surface area contributed by atoms with E-state index >= 15 is 0 Å². The van der Waals surface area contributed by atoms with Crippen LogP contribution in [0.3, 0.4) is 0 Å². The molecule has 13 amide bonds. The van der Waals surface area contributed by atoms with E-state index in [-0.39, 0.29) is 113 Å². The van der Waals surface area contributed by atoms with Crippen molar-refractivity contribution in [1.82, 2.24) is 56.8 Å². The summed E-state index contributed by atoms with van der Waals surface area (Å²) in [6, 6.07) is 1.63. The van der Waals surface area contributed by atoms with Gasteiger partial charge in [0, 0.05) is 104 Å². The first-order chi connectivity index (χ1) is 45.5. The summed E-state index contributed by atoms with van der Waals surface area (Å²) in [5.41, 5.74) is 6.22. The van der Waals surface area contributed by atoms with Crippen molar-refractivity contribution >= 4 is 82.7 Å². The second kappa shape index (κ2) is 49.6. The Morgan fingerprint density at radius 3 is 1.55 bits per heavy atom. The van der Waals surface area contributed by atoms with Crippen LogP contribution in [-0.4, -0.2) is 195 Å². The van der Waals surface area contributed by atoms with Crippen LogP contribution in [0.25, 0.3) is 0 Å². The molecule has 4 atom stereocenters. The number of carbonyl (C=O) groups excluding carboxylic acids is 13. The molecule has 10 N–H and O–H groups in total. The number of rotatable bonds is 51. The number of primary amides is 1. The summed E-state index contributed by atoms with van der Waals surface area (Å²) in [6.45, 7) is 14.4. The number of nitrogens with zero attached hydrogens (tertiary/aromatic N) is 4. The molecule has 0 unspecified atom stereocenters. The van der Waals surface area contributed by atoms with Crippen LogP contribution >= 0.6 is 0 Å². The van der Waals surface area contributed by atoms with Crippen LogP contribution < -0.4 is 48.3 Å². The number of ether oxygens (including phenoxy) is 1. The van der Waals surface area contributed by atoms with Crippen molar-refractivity contribution in [2.24, 2.45) is 23.5 Å². The van der Waals surface area contributed by atoms with Gasteiger partial charge in [-0.25, -0.2) is 9.59 Å². The fourth-order valence-corrected chi connectivity index (χ4v) is 10.2. The molecule has 96 heavy (non-hydrogen) atoms. The molecule has 0 saturated carbocycles. The van der Waals surface area contributed by atoms with Gasteiger partial charge in [-0.15, -0.1) is 0 Å². The number of benzene rings is 1. The molecule has 0 aliphatic rings. The number of ketones is 1. The van der Waals surface area contributed by atoms with Crippen LogP contribution in [0.5, 0.6) is 0 Å². The molecule has 0 radical (unpaired) electrons. The Kier molecular flexibility index (Phi) is 44.5. The number of hydrogen-bond donors (Lipinski definition) is 9. The summed E-state index contributed by atoms with van der Waals surface area (Å²) in [5.74, 6) is -5.61. The largest absolute Gasteiger partial charge is 0.445 e. The summed E-state index contributed by atoms with van der Waals surface area (Å²) in [5, 5.41) is 21.6. The highest BCUT2D eigenvalue weighted by molar-refractivity contribution is 5.99. The standard InChI is InChI=1S/C69H119N13O14/c1-13-14-15-16-17-18-19-20-21-22-23-24-25-32-56(83)72-42-39-61(88)81(11)45-60(87)76-55(67(93)82(12)46-59(86)74-51(8)63(89)49(4)5)30-26-27-40-71-57(84)33-28-34-58(85)78-62(48(2)3)65(91)77-54(31-29-41-73-68(70)94)64(90)75-53-37-35-52(36-38-53)47-96-69(95)80(10)44-43-79(9)66(92)50(6)7/h35-38,48-51,54-55,62H,13-34,39-47H2,1-12H3,(H,71,84)(H,72,83)(H,74,86)(H,75,90)(H,76,87)(H,77,91)(H,78,85)(H3,70,73,94)/t51-,54-,55-,62-/m0/s1. The minimum Gasteiger partial charge on any atom is -0.445 e. The predicted octanol–water partition coefficient (Wildman–Crippen LogP) is 5.96. The Hall–Kier alpha value is -7.87. The Morgan fingerprint density at radius 1 is 0.458 bits per heavy atom. The zero-order chi connectivity index (χ0) is 72.1. The summed E-state index contributed by atoms with van der Waals surface area (Å²) < 4.78 is 5.43. The predicted molar refractivity (Wildman–Crippen MR) is 369 cm³/mol. The minimum absolute atomic E-state index is 0.0384. The van der Waals surface area contributed by atoms with Crippen LogP contribution in [0.15, 0.2) is 24.3 Å². The Morgan fingerprint density at radius 2 is 0.979 bits per heavy atom. The normalized spacial score (nSPS) is 12.3. The number of likely N-dealkylation sites (N-methyl/N-ethyl adjacent to an activating group) is 4. The second-order valence-corrected chi connectivity index (χ2v) is 26.1. The highest BCUT2D eigenvalue weighted by Gasteiger charge is 2.31. The van der Waals surface area contributed by atoms with Crippen molar-refractivity contribution in [3.05, 3.63) is 29.8 Å². The maximum atomic E-state index is 13.8. The monoisotopic (exact) mass is 1350 g/mol. The highest BCUT2D eigenvalue weighted by atomic mass is 16.6. The molecule has 0 aliphatic heterocycles. The van der Waals surface area contributed by atoms with Crippen LogP contribution in [0.2, 0.25) is 0 Å². The lowest BCUT2D eigenvalue weighted by Gasteiger charge is -2.26. The van der Waals surface area contributed by atoms with Gasteiger partial charge in [0.2, 0.25) is 59.1 Å². The van der Waals surface area contributed by atoms with E-state index in [1.165, 1.54) is 81.7 Å². The zero-order valence-corrected chi connectivity index (χ0v) is 59.9. The van der Waals surface area contributed by atoms with Gasteiger partial charge in [-0.2, -0.15) is 0 Å². The van der Waals surface area contributed by atoms with Gasteiger partial charge in [0.15, 0.2) is 5.78 Å². The molecule has 0 bridgehead atoms. The Bertz CT molecular complexity index is 2590. The van der Waals surface area contributed by atoms with Gasteiger partial charge in [0.1, 0.15) is 24.7 Å². The fourth-order valence-electron chi connectivity index (χ4n) is 10.2. The van der Waals surface area contributed by atoms with Crippen LogP contribution in [0, 0.1) is 17.8 Å². The fraction of sp³-hybridized carbons (Fsp3) is 0.725. The number of Topliss-reactive ketones (excluding diaryl/α,β-unsaturated/α-hetero) is 1. The third-order valence-electron chi connectivity index (χ3n) is 16.2. The SMILES string of the molecule is CCCCCCCCCCCCCCCC(=O)NCCC(=O)N(C)CC(=O)N[C@@H](CCCCNC(=O)CCCC(=O)N[C@H](C(=O)N[C@@H](CCCNC(N)=O)C(=O)Nc1ccc(COC(=O)N(C)CCN(C)C(=O)C(C)C)cc1)C(C)C)C(=O)N(C)CC(=O)N[C@@H](C)C(=O)C(C)C. The smallest absolute Gasteiger partial charge is 0.409 e. The van der Waals surface area contributed by atoms with Gasteiger partial charge in [0.05, 0.1) is 19.1 Å². The van der Waals surface area contributed by atoms with Crippen LogP contribution in [-0.2, 0) is 64.1 Å². The first-order valence-corrected chi connectivity index (χ1v) is 34.8. The third kappa shape index (κ3) is 39.2. The molecule has 1 rings (SSSR count). The Balaban J connectivity index is 2.80. The van der Waals surface area contributed by atoms with Gasteiger partial charge in [-0.05, 0) is 75.5 Å². The van der Waals surface area contributed by atoms with E-state index in [1.54, 1.807) is 91.7 Å². The van der Waals surface area contributed by atoms with E-state index in [2.05, 4.69) is 49.5 Å². The number of nitrogens with two attached hydrogens (primary N) is 1. The maximum absolute atomic E-state index is 13.8. The van der Waals surface area contributed by atoms with E-state index in [9.17, 15) is 62.3 Å². The molecule has 0 heterocycles. The minimum atomic E-state index is -1.13. The van der Waals surface area contributed by atoms with Crippen molar-refractivity contribution in [1.29, 1.82) is 0 Å². The lowest BCUT2D eigenvalue weighted by Crippen LogP contribution is -2.54. The van der Waals surface area contributed by atoms with Crippen molar-refractivity contribution in [2.75, 3.05) is 79.3 Å². The Labute approximate surface area is 570 Å². The molecule has 27 heteroatoms. The number of anilines is 1. The highest BCUT2D eigenvalue weighted by Crippen LogP contribution is 2.16. The van der Waals surface area contributed by atoms with Gasteiger partial charge >= 0.3 is 12.1 Å². The lowest BCUT2D eigenvalue weighted by atomic mass is 10.0. The number of nitrogens with one attached hydrogen (secondary N) is 8. The van der Waals surface area contributed by atoms with Gasteiger partial charge in [-0.3, -0.25) is 52.7 Å². The first-order valence-electron chi connectivity index (χ1n) is 34.8. The van der Waals surface area contributed by atoms with E-state index in [4.69, 9.17) is 10.5 Å². The number of amides is 13. The number of hydrogen-bond acceptors (Lipinski definition) is 14. The second-order valence-electron chi connectivity index (χ2n) is 26.1. The van der Waals surface area contributed by atoms with Crippen molar-refractivity contribution in [3.8, 4) is 0 Å². The van der Waals surface area contributed by atoms with Crippen LogP contribution in [0.4, 0.5) is 15.3 Å². The van der Waals surface area contributed by atoms with Gasteiger partial charge in [0.25, 0.3) is 0 Å². The van der Waals surface area contributed by atoms with E-state index in [1.807, 2.05) is 0 Å². The maximum Gasteiger partial charge on any atom is 0.409 e. The molecule has 27 nitrogen and oxygen atoms in total. The first kappa shape index (κ1) is 86.1. The molecule has 0 saturated heterocycles. The zero-order valence-electron chi connectivity index (χ0n) is 59.9. The van der Waals surface area contributed by atoms with E-state index < -0.39 is 96.6 Å². The molecule has 1 aromatic carbocycles. The molecule has 0 aliphatic carbocycles. The van der Waals surface area contributed by atoms with Crippen LogP contribution in [0.1, 0.15) is 209 Å². The average molecular weight is 1350 g/mol. The average Bonchev–Trinajstić information content (AvgIpc) is 0.901. The summed E-state index contributed by atoms with van der Waals surface area (Å²) in [4.78, 5) is 173. The molecule has 0 fully saturated rings. The van der Waals surface area contributed by atoms with Gasteiger partial charge in [-0.1, -0.05) is 138 Å². The molecular formula is C69H119N13O14. The summed E-state index contributed by atoms with van der Waals surface area (Å²) in [7, 11) is 6.07. The van der Waals surface area contributed by atoms with Crippen molar-refractivity contribution in [3.63, 3.8) is 0 Å². The van der Waals surface area contributed by atoms with E-state index in [0.29, 0.717) is 37.1 Å². The quantitative estimate of drug-likeness (QED) is 0.0340. The van der Waals surface area contributed by atoms with Crippen molar-refractivity contribution < 1.29 is 67.1 Å². The summed E-state index contributed by atoms with van der Waals surface area (Å²) in [6.07, 6.45) is 16.4. The van der Waals surface area contributed by atoms with Crippen molar-refractivity contribution in [2.45, 2.75) is 234 Å². The topological polar surface area (TPSA) is 366 Å². The molecule has 0 aromatic heterocycles. The number of carbonyl (C=O) groups is 13. The number of urea groups is 1. The molecule has 0 spiro atoms. The molecule has 544 valence electrons. The molecule has 1 aromatic rings. The summed E-state index contributed by atoms with van der Waals surface area (Å²) >= 11 is 0. The number of unbranched alkanes of at least 4 members (excludes halogenated alkanes) is 13. The third-order valence-corrected chi connectivity index (χ3v) is 16.2. The lowest BCUT2D eigenvalue weighted by molar-refractivity contribution is -0.140. The van der Waals surface area contributed by atoms with Gasteiger partial charge < -0.3 is 72.6 Å².